The first-order valence-corrected chi connectivity index (χ1v) is 12.4. The van der Waals surface area contributed by atoms with Gasteiger partial charge in [0.05, 0.1) is 42.9 Å². The number of halogens is 1. The Hall–Kier alpha value is -3.43. The first kappa shape index (κ1) is 21.1. The number of rotatable bonds is 6. The molecule has 0 atom stereocenters. The number of hydrogen-bond donors (Lipinski definition) is 0. The zero-order valence-corrected chi connectivity index (χ0v) is 20.1. The average molecular weight is 519 g/mol. The van der Waals surface area contributed by atoms with E-state index in [4.69, 9.17) is 19.2 Å². The van der Waals surface area contributed by atoms with Crippen LogP contribution in [0.5, 0.6) is 0 Å². The van der Waals surface area contributed by atoms with E-state index < -0.39 is 0 Å². The van der Waals surface area contributed by atoms with Crippen LogP contribution in [0.1, 0.15) is 0 Å². The molecule has 34 heavy (non-hydrogen) atoms. The number of aromatic nitrogens is 5. The summed E-state index contributed by atoms with van der Waals surface area (Å²) >= 11 is 3.46. The van der Waals surface area contributed by atoms with Crippen molar-refractivity contribution in [3.05, 3.63) is 67.1 Å². The molecule has 0 saturated carbocycles. The zero-order chi connectivity index (χ0) is 22.9. The third-order valence-corrected chi connectivity index (χ3v) is 6.28. The van der Waals surface area contributed by atoms with Crippen LogP contribution in [-0.2, 0) is 11.3 Å². The second-order valence-electron chi connectivity index (χ2n) is 8.12. The van der Waals surface area contributed by atoms with Crippen LogP contribution < -0.4 is 4.90 Å². The van der Waals surface area contributed by atoms with E-state index in [0.717, 1.165) is 70.2 Å². The summed E-state index contributed by atoms with van der Waals surface area (Å²) < 4.78 is 15.7. The van der Waals surface area contributed by atoms with E-state index in [0.29, 0.717) is 13.2 Å². The Balaban J connectivity index is 1.44. The second kappa shape index (κ2) is 9.08. The van der Waals surface area contributed by atoms with E-state index in [9.17, 15) is 0 Å². The van der Waals surface area contributed by atoms with Gasteiger partial charge < -0.3 is 14.1 Å². The minimum Gasteiger partial charge on any atom is -0.452 e. The first-order valence-electron chi connectivity index (χ1n) is 11.3. The summed E-state index contributed by atoms with van der Waals surface area (Å²) in [5, 5.41) is 10.1. The highest BCUT2D eigenvalue weighted by Gasteiger charge is 2.21. The number of fused-ring (bicyclic) bond motifs is 1. The van der Waals surface area contributed by atoms with Crippen molar-refractivity contribution in [1.82, 2.24) is 24.5 Å². The van der Waals surface area contributed by atoms with E-state index in [1.54, 1.807) is 0 Å². The molecule has 5 aromatic rings. The maximum Gasteiger partial charge on any atom is 0.176 e. The lowest BCUT2D eigenvalue weighted by atomic mass is 10.2. The van der Waals surface area contributed by atoms with Crippen molar-refractivity contribution in [2.45, 2.75) is 6.54 Å². The van der Waals surface area contributed by atoms with E-state index in [2.05, 4.69) is 44.1 Å². The summed E-state index contributed by atoms with van der Waals surface area (Å²) in [6.45, 7) is 3.76. The van der Waals surface area contributed by atoms with Crippen molar-refractivity contribution >= 4 is 32.7 Å². The maximum atomic E-state index is 6.36. The van der Waals surface area contributed by atoms with E-state index in [1.807, 2.05) is 58.3 Å². The molecule has 1 fully saturated rings. The molecule has 0 amide bonds. The van der Waals surface area contributed by atoms with Gasteiger partial charge in [-0.1, -0.05) is 46.3 Å². The Bertz CT molecular complexity index is 1420. The number of nitrogens with zero attached hydrogens (tertiary/aromatic N) is 6. The highest BCUT2D eigenvalue weighted by Crippen LogP contribution is 2.35. The maximum absolute atomic E-state index is 6.36. The summed E-state index contributed by atoms with van der Waals surface area (Å²) in [4.78, 5) is 7.20. The predicted octanol–water partition coefficient (Wildman–Crippen LogP) is 4.78. The monoisotopic (exact) mass is 518 g/mol. The van der Waals surface area contributed by atoms with Crippen LogP contribution in [0.2, 0.25) is 0 Å². The molecule has 0 N–H and O–H groups in total. The summed E-state index contributed by atoms with van der Waals surface area (Å²) in [6.07, 6.45) is 5.77. The molecule has 0 unspecified atom stereocenters. The third kappa shape index (κ3) is 4.01. The van der Waals surface area contributed by atoms with Gasteiger partial charge in [-0.15, -0.1) is 0 Å². The normalized spacial score (nSPS) is 14.2. The van der Waals surface area contributed by atoms with Gasteiger partial charge in [0.1, 0.15) is 11.3 Å². The van der Waals surface area contributed by atoms with Crippen LogP contribution in [-0.4, -0.2) is 56.2 Å². The van der Waals surface area contributed by atoms with Crippen LogP contribution in [0.3, 0.4) is 0 Å². The first-order chi connectivity index (χ1) is 16.8. The third-order valence-electron chi connectivity index (χ3n) is 5.92. The van der Waals surface area contributed by atoms with Crippen molar-refractivity contribution in [3.8, 4) is 28.4 Å². The fourth-order valence-electron chi connectivity index (χ4n) is 4.20. The SMILES string of the molecule is BrCCn1cc(-c2cc3nc(-n4ccc(-c5ccccc5)n4)cc(N4CCOCC4)c3o2)cn1. The summed E-state index contributed by atoms with van der Waals surface area (Å²) in [6, 6.07) is 16.2. The lowest BCUT2D eigenvalue weighted by molar-refractivity contribution is 0.122. The Kier molecular flexibility index (Phi) is 5.64. The van der Waals surface area contributed by atoms with Crippen molar-refractivity contribution in [3.63, 3.8) is 0 Å². The van der Waals surface area contributed by atoms with Crippen molar-refractivity contribution < 1.29 is 9.15 Å². The molecule has 1 aromatic carbocycles. The van der Waals surface area contributed by atoms with Gasteiger partial charge in [-0.2, -0.15) is 10.2 Å². The number of hydrogen-bond acceptors (Lipinski definition) is 6. The largest absolute Gasteiger partial charge is 0.452 e. The lowest BCUT2D eigenvalue weighted by Crippen LogP contribution is -2.36. The average Bonchev–Trinajstić information content (AvgIpc) is 3.64. The second-order valence-corrected chi connectivity index (χ2v) is 8.91. The molecule has 0 aliphatic carbocycles. The molecule has 6 rings (SSSR count). The van der Waals surface area contributed by atoms with Gasteiger partial charge in [0.15, 0.2) is 11.4 Å². The van der Waals surface area contributed by atoms with Gasteiger partial charge in [0, 0.05) is 48.5 Å². The van der Waals surface area contributed by atoms with E-state index >= 15 is 0 Å². The highest BCUT2D eigenvalue weighted by atomic mass is 79.9. The standard InChI is InChI=1S/C25H23BrN6O2/c26-7-9-31-17-19(16-27-31)23-14-21-25(34-23)22(30-10-12-33-13-11-30)15-24(28-21)32-8-6-20(29-32)18-4-2-1-3-5-18/h1-6,8,14-17H,7,9-13H2. The number of morpholine rings is 1. The minimum absolute atomic E-state index is 0.686. The van der Waals surface area contributed by atoms with Crippen molar-refractivity contribution in [2.24, 2.45) is 0 Å². The molecular weight excluding hydrogens is 496 g/mol. The molecule has 1 aliphatic heterocycles. The Morgan fingerprint density at radius 1 is 1.00 bits per heavy atom. The van der Waals surface area contributed by atoms with Crippen LogP contribution >= 0.6 is 15.9 Å². The topological polar surface area (TPSA) is 74.1 Å². The Morgan fingerprint density at radius 3 is 2.68 bits per heavy atom. The molecule has 0 spiro atoms. The zero-order valence-electron chi connectivity index (χ0n) is 18.5. The molecule has 4 aromatic heterocycles. The molecule has 0 bridgehead atoms. The number of pyridine rings is 1. The van der Waals surface area contributed by atoms with Gasteiger partial charge in [-0.05, 0) is 6.07 Å². The van der Waals surface area contributed by atoms with Gasteiger partial charge in [0.2, 0.25) is 0 Å². The van der Waals surface area contributed by atoms with Crippen LogP contribution in [0.15, 0.2) is 71.5 Å². The van der Waals surface area contributed by atoms with Crippen molar-refractivity contribution in [2.75, 3.05) is 36.5 Å². The number of furan rings is 1. The molecule has 0 radical (unpaired) electrons. The number of aryl methyl sites for hydroxylation is 1. The highest BCUT2D eigenvalue weighted by molar-refractivity contribution is 9.09. The smallest absolute Gasteiger partial charge is 0.176 e. The summed E-state index contributed by atoms with van der Waals surface area (Å²) in [5.41, 5.74) is 5.46. The fourth-order valence-corrected chi connectivity index (χ4v) is 4.57. The van der Waals surface area contributed by atoms with E-state index in [1.165, 1.54) is 0 Å². The quantitative estimate of drug-likeness (QED) is 0.301. The molecule has 172 valence electrons. The Labute approximate surface area is 204 Å². The molecule has 9 heteroatoms. The van der Waals surface area contributed by atoms with Crippen LogP contribution in [0.25, 0.3) is 39.5 Å². The fraction of sp³-hybridized carbons (Fsp3) is 0.240. The summed E-state index contributed by atoms with van der Waals surface area (Å²) in [7, 11) is 0. The van der Waals surface area contributed by atoms with Gasteiger partial charge in [0.25, 0.3) is 0 Å². The molecule has 5 heterocycles. The van der Waals surface area contributed by atoms with Crippen molar-refractivity contribution in [1.29, 1.82) is 0 Å². The van der Waals surface area contributed by atoms with Gasteiger partial charge in [-0.25, -0.2) is 9.67 Å². The molecule has 1 saturated heterocycles. The van der Waals surface area contributed by atoms with E-state index in [-0.39, 0.29) is 0 Å². The van der Waals surface area contributed by atoms with Crippen LogP contribution in [0, 0.1) is 0 Å². The Morgan fingerprint density at radius 2 is 1.85 bits per heavy atom. The molecule has 1 aliphatic rings. The van der Waals surface area contributed by atoms with Gasteiger partial charge in [-0.3, -0.25) is 4.68 Å². The minimum atomic E-state index is 0.686. The molecule has 8 nitrogen and oxygen atoms in total. The number of alkyl halides is 1. The predicted molar refractivity (Wildman–Crippen MR) is 135 cm³/mol. The van der Waals surface area contributed by atoms with Crippen LogP contribution in [0.4, 0.5) is 5.69 Å². The number of benzene rings is 1. The number of ether oxygens (including phenoxy) is 1. The molecular formula is C25H23BrN6O2. The lowest BCUT2D eigenvalue weighted by Gasteiger charge is -2.28. The summed E-state index contributed by atoms with van der Waals surface area (Å²) in [5.74, 6) is 1.50. The number of anilines is 1. The van der Waals surface area contributed by atoms with Gasteiger partial charge >= 0.3 is 0 Å².